The van der Waals surface area contributed by atoms with Crippen molar-refractivity contribution in [1.29, 1.82) is 0 Å². The number of benzene rings is 1. The maximum atomic E-state index is 12.1. The first-order valence-corrected chi connectivity index (χ1v) is 6.52. The van der Waals surface area contributed by atoms with Crippen LogP contribution in [0, 0.1) is 5.92 Å². The molecule has 3 rings (SSSR count). The molecule has 0 atom stereocenters. The van der Waals surface area contributed by atoms with Crippen molar-refractivity contribution in [1.82, 2.24) is 0 Å². The summed E-state index contributed by atoms with van der Waals surface area (Å²) in [5.74, 6) is 1.69. The minimum Gasteiger partial charge on any atom is -0.492 e. The molecule has 1 aromatic rings. The predicted octanol–water partition coefficient (Wildman–Crippen LogP) is 3.37. The molecule has 1 aliphatic heterocycles. The molecule has 0 saturated heterocycles. The molecule has 2 nitrogen and oxygen atoms in total. The molecule has 84 valence electrons. The van der Waals surface area contributed by atoms with Crippen LogP contribution in [0.25, 0.3) is 0 Å². The highest BCUT2D eigenvalue weighted by Crippen LogP contribution is 2.38. The van der Waals surface area contributed by atoms with E-state index in [4.69, 9.17) is 4.74 Å². The van der Waals surface area contributed by atoms with Gasteiger partial charge in [0, 0.05) is 17.3 Å². The van der Waals surface area contributed by atoms with Crippen molar-refractivity contribution >= 4 is 21.7 Å². The number of rotatable bonds is 3. The second kappa shape index (κ2) is 3.88. The van der Waals surface area contributed by atoms with Crippen LogP contribution in [-0.2, 0) is 6.42 Å². The van der Waals surface area contributed by atoms with Gasteiger partial charge in [-0.3, -0.25) is 4.79 Å². The van der Waals surface area contributed by atoms with E-state index < -0.39 is 0 Å². The Morgan fingerprint density at radius 1 is 1.44 bits per heavy atom. The van der Waals surface area contributed by atoms with Crippen LogP contribution < -0.4 is 4.74 Å². The van der Waals surface area contributed by atoms with E-state index in [1.54, 1.807) is 0 Å². The van der Waals surface area contributed by atoms with Crippen molar-refractivity contribution in [2.75, 3.05) is 6.61 Å². The van der Waals surface area contributed by atoms with Crippen LogP contribution in [0.15, 0.2) is 16.6 Å². The van der Waals surface area contributed by atoms with E-state index in [1.165, 1.54) is 12.8 Å². The number of halogens is 1. The lowest BCUT2D eigenvalue weighted by Gasteiger charge is -2.07. The monoisotopic (exact) mass is 280 g/mol. The van der Waals surface area contributed by atoms with E-state index in [1.807, 2.05) is 6.07 Å². The first kappa shape index (κ1) is 10.3. The number of hydrogen-bond donors (Lipinski definition) is 0. The molecule has 0 unspecified atom stereocenters. The van der Waals surface area contributed by atoms with Gasteiger partial charge in [0.2, 0.25) is 0 Å². The predicted molar refractivity (Wildman–Crippen MR) is 65.0 cm³/mol. The van der Waals surface area contributed by atoms with Gasteiger partial charge in [0.25, 0.3) is 0 Å². The van der Waals surface area contributed by atoms with Gasteiger partial charge in [0.05, 0.1) is 12.2 Å². The topological polar surface area (TPSA) is 26.3 Å². The van der Waals surface area contributed by atoms with E-state index in [9.17, 15) is 4.79 Å². The Bertz CT molecular complexity index is 449. The van der Waals surface area contributed by atoms with Gasteiger partial charge in [0.1, 0.15) is 5.75 Å². The van der Waals surface area contributed by atoms with Crippen molar-refractivity contribution in [2.24, 2.45) is 5.92 Å². The lowest BCUT2D eigenvalue weighted by Crippen LogP contribution is -2.03. The summed E-state index contributed by atoms with van der Waals surface area (Å²) < 4.78 is 6.55. The van der Waals surface area contributed by atoms with Gasteiger partial charge in [-0.2, -0.15) is 0 Å². The number of ketones is 1. The SMILES string of the molecule is O=C(CC1CC1)c1cc(Br)cc2c1OCC2. The summed E-state index contributed by atoms with van der Waals surface area (Å²) >= 11 is 3.46. The van der Waals surface area contributed by atoms with Crippen LogP contribution in [0.4, 0.5) is 0 Å². The maximum absolute atomic E-state index is 12.1. The summed E-state index contributed by atoms with van der Waals surface area (Å²) in [6, 6.07) is 3.95. The Labute approximate surface area is 103 Å². The number of fused-ring (bicyclic) bond motifs is 1. The number of ether oxygens (including phenoxy) is 1. The Balaban J connectivity index is 1.95. The van der Waals surface area contributed by atoms with Gasteiger partial charge in [-0.25, -0.2) is 0 Å². The summed E-state index contributed by atoms with van der Waals surface area (Å²) in [6.45, 7) is 0.704. The average Bonchev–Trinajstić information content (AvgIpc) is 2.93. The maximum Gasteiger partial charge on any atom is 0.166 e. The smallest absolute Gasteiger partial charge is 0.166 e. The second-order valence-electron chi connectivity index (χ2n) is 4.61. The molecule has 0 spiro atoms. The lowest BCUT2D eigenvalue weighted by molar-refractivity contribution is 0.0973. The molecule has 16 heavy (non-hydrogen) atoms. The highest BCUT2D eigenvalue weighted by atomic mass is 79.9. The summed E-state index contributed by atoms with van der Waals surface area (Å²) in [6.07, 6.45) is 4.02. The van der Waals surface area contributed by atoms with Gasteiger partial charge < -0.3 is 4.74 Å². The van der Waals surface area contributed by atoms with Crippen molar-refractivity contribution in [3.63, 3.8) is 0 Å². The molecule has 1 aliphatic carbocycles. The van der Waals surface area contributed by atoms with E-state index in [-0.39, 0.29) is 5.78 Å². The van der Waals surface area contributed by atoms with E-state index in [2.05, 4.69) is 22.0 Å². The molecule has 2 aliphatic rings. The quantitative estimate of drug-likeness (QED) is 0.794. The molecular formula is C13H13BrO2. The van der Waals surface area contributed by atoms with Crippen molar-refractivity contribution in [3.8, 4) is 5.75 Å². The van der Waals surface area contributed by atoms with Gasteiger partial charge in [-0.1, -0.05) is 15.9 Å². The van der Waals surface area contributed by atoms with Crippen molar-refractivity contribution in [3.05, 3.63) is 27.7 Å². The summed E-state index contributed by atoms with van der Waals surface area (Å²) in [4.78, 5) is 12.1. The fourth-order valence-electron chi connectivity index (χ4n) is 2.17. The van der Waals surface area contributed by atoms with Crippen molar-refractivity contribution in [2.45, 2.75) is 25.7 Å². The molecule has 1 fully saturated rings. The number of carbonyl (C=O) groups is 1. The summed E-state index contributed by atoms with van der Waals surface area (Å²) in [5, 5.41) is 0. The standard InChI is InChI=1S/C13H13BrO2/c14-10-6-9-3-4-16-13(9)11(7-10)12(15)5-8-1-2-8/h6-8H,1-5H2. The van der Waals surface area contributed by atoms with Crippen LogP contribution in [-0.4, -0.2) is 12.4 Å². The molecule has 3 heteroatoms. The summed E-state index contributed by atoms with van der Waals surface area (Å²) in [7, 11) is 0. The normalized spacial score (nSPS) is 18.1. The first-order chi connectivity index (χ1) is 7.74. The number of Topliss-reactive ketones (excluding diaryl/α,β-unsaturated/α-hetero) is 1. The third kappa shape index (κ3) is 1.88. The van der Waals surface area contributed by atoms with Crippen LogP contribution >= 0.6 is 15.9 Å². The van der Waals surface area contributed by atoms with Gasteiger partial charge >= 0.3 is 0 Å². The third-order valence-corrected chi connectivity index (χ3v) is 3.68. The molecule has 0 radical (unpaired) electrons. The van der Waals surface area contributed by atoms with Crippen LogP contribution in [0.2, 0.25) is 0 Å². The molecule has 1 heterocycles. The Hall–Kier alpha value is -0.830. The highest BCUT2D eigenvalue weighted by molar-refractivity contribution is 9.10. The van der Waals surface area contributed by atoms with E-state index in [0.717, 1.165) is 27.8 Å². The zero-order valence-electron chi connectivity index (χ0n) is 8.96. The summed E-state index contributed by atoms with van der Waals surface area (Å²) in [5.41, 5.74) is 1.93. The number of carbonyl (C=O) groups excluding carboxylic acids is 1. The third-order valence-electron chi connectivity index (χ3n) is 3.22. The average molecular weight is 281 g/mol. The second-order valence-corrected chi connectivity index (χ2v) is 5.53. The van der Waals surface area contributed by atoms with Gasteiger partial charge in [0.15, 0.2) is 5.78 Å². The Kier molecular flexibility index (Phi) is 2.51. The molecule has 1 aromatic carbocycles. The molecule has 0 bridgehead atoms. The minimum atomic E-state index is 0.238. The van der Waals surface area contributed by atoms with Crippen LogP contribution in [0.3, 0.4) is 0 Å². The largest absolute Gasteiger partial charge is 0.492 e. The molecular weight excluding hydrogens is 268 g/mol. The van der Waals surface area contributed by atoms with Gasteiger partial charge in [-0.05, 0) is 36.5 Å². The first-order valence-electron chi connectivity index (χ1n) is 5.72. The van der Waals surface area contributed by atoms with Crippen molar-refractivity contribution < 1.29 is 9.53 Å². The fraction of sp³-hybridized carbons (Fsp3) is 0.462. The zero-order chi connectivity index (χ0) is 11.1. The highest BCUT2D eigenvalue weighted by Gasteiger charge is 2.28. The van der Waals surface area contributed by atoms with E-state index in [0.29, 0.717) is 18.9 Å². The molecule has 0 N–H and O–H groups in total. The Morgan fingerprint density at radius 2 is 2.25 bits per heavy atom. The minimum absolute atomic E-state index is 0.238. The Morgan fingerprint density at radius 3 is 3.00 bits per heavy atom. The molecule has 0 aromatic heterocycles. The number of hydrogen-bond acceptors (Lipinski definition) is 2. The lowest BCUT2D eigenvalue weighted by atomic mass is 10.0. The van der Waals surface area contributed by atoms with Crippen LogP contribution in [0.1, 0.15) is 35.2 Å². The molecule has 1 saturated carbocycles. The zero-order valence-corrected chi connectivity index (χ0v) is 10.5. The van der Waals surface area contributed by atoms with Gasteiger partial charge in [-0.15, -0.1) is 0 Å². The molecule has 0 amide bonds. The van der Waals surface area contributed by atoms with E-state index >= 15 is 0 Å². The van der Waals surface area contributed by atoms with Crippen LogP contribution in [0.5, 0.6) is 5.75 Å². The fourth-order valence-corrected chi connectivity index (χ4v) is 2.68.